The number of carbonyl (C=O) groups excluding carboxylic acids is 1. The molecule has 2 saturated heterocycles. The van der Waals surface area contributed by atoms with Crippen LogP contribution in [0.3, 0.4) is 0 Å². The number of nitrogen functional groups attached to an aromatic ring is 1. The summed E-state index contributed by atoms with van der Waals surface area (Å²) < 4.78 is 67.4. The predicted octanol–water partition coefficient (Wildman–Crippen LogP) is -7.16. The molecule has 5 heterocycles. The van der Waals surface area contributed by atoms with E-state index in [0.717, 1.165) is 17.2 Å². The smallest absolute Gasteiger partial charge is 0.756 e. The number of amides is 1. The molecule has 3 aromatic heterocycles. The number of nitrogens with two attached hydrogens (primary N) is 2. The van der Waals surface area contributed by atoms with Gasteiger partial charge in [0, 0.05) is 6.07 Å². The average molecular weight is 770 g/mol. The molecular formula is C21H27N7NaO17P3. The Bertz CT molecular complexity index is 1820. The van der Waals surface area contributed by atoms with Crippen LogP contribution in [0.4, 0.5) is 5.82 Å². The van der Waals surface area contributed by atoms with E-state index in [0.29, 0.717) is 0 Å². The summed E-state index contributed by atoms with van der Waals surface area (Å²) in [5.41, 5.74) is 11.0. The molecule has 10 atom stereocenters. The van der Waals surface area contributed by atoms with Crippen LogP contribution in [0.2, 0.25) is 0 Å². The van der Waals surface area contributed by atoms with E-state index in [2.05, 4.69) is 32.8 Å². The first-order chi connectivity index (χ1) is 22.4. The van der Waals surface area contributed by atoms with Crippen LogP contribution in [0.25, 0.3) is 11.2 Å². The Hall–Kier alpha value is -1.86. The van der Waals surface area contributed by atoms with E-state index in [9.17, 15) is 53.4 Å². The number of aliphatic hydroxyl groups is 3. The van der Waals surface area contributed by atoms with Crippen LogP contribution in [0.5, 0.6) is 0 Å². The number of aliphatic hydroxyl groups excluding tert-OH is 3. The summed E-state index contributed by atoms with van der Waals surface area (Å²) in [5, 5.41) is 31.4. The zero-order valence-corrected chi connectivity index (χ0v) is 29.5. The van der Waals surface area contributed by atoms with Gasteiger partial charge in [-0.2, -0.15) is 4.57 Å². The number of pyridine rings is 1. The van der Waals surface area contributed by atoms with Gasteiger partial charge in [-0.1, -0.05) is 0 Å². The number of ether oxygens (including phenoxy) is 2. The summed E-state index contributed by atoms with van der Waals surface area (Å²) in [4.78, 5) is 66.6. The van der Waals surface area contributed by atoms with E-state index in [4.69, 9.17) is 20.9 Å². The zero-order chi connectivity index (χ0) is 35.2. The van der Waals surface area contributed by atoms with Gasteiger partial charge >= 0.3 is 37.4 Å². The molecule has 0 saturated carbocycles. The van der Waals surface area contributed by atoms with Crippen molar-refractivity contribution in [2.24, 2.45) is 5.73 Å². The Morgan fingerprint density at radius 2 is 1.63 bits per heavy atom. The molecule has 264 valence electrons. The molecule has 0 radical (unpaired) electrons. The molecule has 0 spiro atoms. The molecule has 0 bridgehead atoms. The van der Waals surface area contributed by atoms with Crippen LogP contribution in [0, 0.1) is 0 Å². The van der Waals surface area contributed by atoms with Crippen LogP contribution in [-0.4, -0.2) is 100 Å². The first-order valence-corrected chi connectivity index (χ1v) is 17.8. The number of phosphoric ester groups is 3. The Kier molecular flexibility index (Phi) is 12.5. The van der Waals surface area contributed by atoms with Gasteiger partial charge in [-0.25, -0.2) is 23.8 Å². The average Bonchev–Trinajstić information content (AvgIpc) is 3.64. The number of hydrogen-bond acceptors (Lipinski definition) is 19. The predicted molar refractivity (Wildman–Crippen MR) is 146 cm³/mol. The fourth-order valence-corrected chi connectivity index (χ4v) is 7.38. The van der Waals surface area contributed by atoms with Crippen molar-refractivity contribution < 1.29 is 115 Å². The number of phosphoric acid groups is 3. The number of hydrogen-bond donors (Lipinski definition) is 7. The maximum Gasteiger partial charge on any atom is 1.00 e. The quantitative estimate of drug-likeness (QED) is 0.0367. The van der Waals surface area contributed by atoms with Crippen molar-refractivity contribution in [3.05, 3.63) is 42.7 Å². The molecule has 49 heavy (non-hydrogen) atoms. The van der Waals surface area contributed by atoms with E-state index in [1.165, 1.54) is 29.1 Å². The SMILES string of the molecule is NC(=O)c1ccc[n+]([13C@@H]2O[13C@H]([13CH2]OP(=O)([O-])OP(=O)([O-])OC[C@H]3O[C@@H](n4cnc5c(N)ncnc54)[C@H](OP(=O)(O)O)[C@@H]3O)[13C@H](O)[13C@H]2O)c1.[Na+]. The van der Waals surface area contributed by atoms with Gasteiger partial charge in [-0.05, 0) is 6.07 Å². The van der Waals surface area contributed by atoms with Gasteiger partial charge in [0.05, 0.1) is 19.5 Å². The normalized spacial score (nSPS) is 29.7. The maximum atomic E-state index is 12.4. The zero-order valence-electron chi connectivity index (χ0n) is 24.9. The van der Waals surface area contributed by atoms with Crippen LogP contribution in [0.1, 0.15) is 22.8 Å². The summed E-state index contributed by atoms with van der Waals surface area (Å²) in [7, 11) is -16.9. The largest absolute Gasteiger partial charge is 1.00 e. The molecule has 1 amide bonds. The fraction of sp³-hybridized carbons (Fsp3) is 0.476. The Morgan fingerprint density at radius 1 is 1.00 bits per heavy atom. The second kappa shape index (κ2) is 15.4. The van der Waals surface area contributed by atoms with Gasteiger partial charge < -0.3 is 64.9 Å². The molecule has 2 aliphatic rings. The van der Waals surface area contributed by atoms with Crippen molar-refractivity contribution in [2.45, 2.75) is 49.1 Å². The molecule has 2 unspecified atom stereocenters. The third kappa shape index (κ3) is 9.33. The van der Waals surface area contributed by atoms with Gasteiger partial charge in [-0.3, -0.25) is 23.0 Å². The minimum Gasteiger partial charge on any atom is -0.756 e. The third-order valence-electron chi connectivity index (χ3n) is 6.96. The van der Waals surface area contributed by atoms with Crippen molar-refractivity contribution in [1.29, 1.82) is 0 Å². The first kappa shape index (κ1) is 39.9. The number of fused-ring (bicyclic) bond motifs is 1. The first-order valence-electron chi connectivity index (χ1n) is 13.3. The van der Waals surface area contributed by atoms with Crippen molar-refractivity contribution >= 4 is 46.4 Å². The molecule has 5 rings (SSSR count). The van der Waals surface area contributed by atoms with Crippen molar-refractivity contribution in [3.8, 4) is 0 Å². The molecule has 2 aliphatic heterocycles. The number of carbonyl (C=O) groups is 1. The standard InChI is InChI=1S/C21H28N7O17P3.Na/c22-17-12-19(25-7-24-17)28(8-26-12)21-16(44-46(33,34)35)14(30)11(43-21)6-41-48(38,39)45-47(36,37)40-5-10-13(29)15(31)20(42-10)27-3-1-2-9(4-27)18(23)32;/h1-4,7-8,10-11,13-16,20-21,29-31H,5-6H2,(H7-,22,23,24,25,32,33,34,35,36,37,38,39);/q;+1/p-1/t10-,11-,13+,14-,15-,16-,20-,21-;/m1./s1/i5+1,10+1,13+1,15+1,20+1;. The fourth-order valence-electron chi connectivity index (χ4n) is 4.82. The summed E-state index contributed by atoms with van der Waals surface area (Å²) in [6.07, 6.45) is -8.80. The molecule has 3 aromatic rings. The van der Waals surface area contributed by atoms with E-state index < -0.39 is 91.7 Å². The Labute approximate surface area is 296 Å². The molecule has 24 nitrogen and oxygen atoms in total. The number of rotatable bonds is 13. The van der Waals surface area contributed by atoms with Crippen molar-refractivity contribution in [1.82, 2.24) is 19.5 Å². The number of primary amides is 1. The second-order valence-electron chi connectivity index (χ2n) is 10.2. The minimum atomic E-state index is -5.84. The molecule has 0 aliphatic carbocycles. The second-order valence-corrected chi connectivity index (χ2v) is 14.4. The summed E-state index contributed by atoms with van der Waals surface area (Å²) in [5.74, 6) is -0.876. The van der Waals surface area contributed by atoms with Crippen LogP contribution in [0.15, 0.2) is 37.2 Å². The van der Waals surface area contributed by atoms with Gasteiger partial charge in [0.2, 0.25) is 0 Å². The topological polar surface area (TPSA) is 370 Å². The van der Waals surface area contributed by atoms with Gasteiger partial charge in [0.15, 0.2) is 36.2 Å². The number of imidazole rings is 1. The molecule has 0 aromatic carbocycles. The summed E-state index contributed by atoms with van der Waals surface area (Å²) >= 11 is 0. The summed E-state index contributed by atoms with van der Waals surface area (Å²) in [6, 6.07) is 2.76. The molecule has 28 heteroatoms. The minimum absolute atomic E-state index is 0. The Balaban J connectivity index is 0.00000541. The molecular weight excluding hydrogens is 743 g/mol. The number of nitrogens with zero attached hydrogens (tertiary/aromatic N) is 5. The van der Waals surface area contributed by atoms with Crippen LogP contribution in [-0.2, 0) is 41.1 Å². The van der Waals surface area contributed by atoms with E-state index >= 15 is 0 Å². The van der Waals surface area contributed by atoms with Crippen molar-refractivity contribution in [2.75, 3.05) is 18.9 Å². The van der Waals surface area contributed by atoms with Crippen molar-refractivity contribution in [3.63, 3.8) is 0 Å². The van der Waals surface area contributed by atoms with E-state index in [1.807, 2.05) is 0 Å². The van der Waals surface area contributed by atoms with Crippen LogP contribution >= 0.6 is 23.5 Å². The molecule has 9 N–H and O–H groups in total. The van der Waals surface area contributed by atoms with Gasteiger partial charge in [0.25, 0.3) is 27.8 Å². The third-order valence-corrected chi connectivity index (χ3v) is 10.0. The Morgan fingerprint density at radius 3 is 2.24 bits per heavy atom. The molecule has 2 fully saturated rings. The van der Waals surface area contributed by atoms with Gasteiger partial charge in [0.1, 0.15) is 47.9 Å². The number of anilines is 1. The number of aromatic nitrogens is 5. The van der Waals surface area contributed by atoms with E-state index in [-0.39, 0.29) is 52.1 Å². The maximum absolute atomic E-state index is 12.4. The monoisotopic (exact) mass is 770 g/mol. The summed E-state index contributed by atoms with van der Waals surface area (Å²) in [6.45, 7) is -2.21. The van der Waals surface area contributed by atoms with Crippen LogP contribution < -0.4 is 55.4 Å². The van der Waals surface area contributed by atoms with E-state index in [1.54, 1.807) is 0 Å². The van der Waals surface area contributed by atoms with Gasteiger partial charge in [-0.15, -0.1) is 0 Å².